The minimum Gasteiger partial charge on any atom is -0.456 e. The Labute approximate surface area is 861 Å². The molecular formula is C131H76N14OS3. The van der Waals surface area contributed by atoms with E-state index in [-0.39, 0.29) is 0 Å². The second-order valence-corrected chi connectivity index (χ2v) is 40.5. The predicted octanol–water partition coefficient (Wildman–Crippen LogP) is 34.6. The molecule has 0 saturated carbocycles. The van der Waals surface area contributed by atoms with Crippen LogP contribution in [-0.4, -0.2) is 68.5 Å². The maximum absolute atomic E-state index is 6.31. The van der Waals surface area contributed by atoms with Gasteiger partial charge in [0, 0.05) is 164 Å². The summed E-state index contributed by atoms with van der Waals surface area (Å²) in [5.74, 6) is 4.40. The summed E-state index contributed by atoms with van der Waals surface area (Å²) in [5.41, 5.74) is 20.8. The van der Waals surface area contributed by atoms with E-state index < -0.39 is 0 Å². The van der Waals surface area contributed by atoms with E-state index in [4.69, 9.17) is 49.3 Å². The molecule has 0 spiro atoms. The van der Waals surface area contributed by atoms with Crippen LogP contribution in [0.2, 0.25) is 0 Å². The summed E-state index contributed by atoms with van der Waals surface area (Å²) in [6, 6.07) is 148. The van der Waals surface area contributed by atoms with Crippen molar-refractivity contribution in [3.05, 3.63) is 462 Å². The highest BCUT2D eigenvalue weighted by Gasteiger charge is 2.30. The third-order valence-electron chi connectivity index (χ3n) is 28.9. The van der Waals surface area contributed by atoms with Gasteiger partial charge in [0.05, 0.1) is 77.0 Å². The van der Waals surface area contributed by atoms with Crippen molar-refractivity contribution >= 4 is 225 Å². The molecule has 32 rings (SSSR count). The number of pyridine rings is 3. The highest BCUT2D eigenvalue weighted by Crippen LogP contribution is 2.54. The molecule has 0 aliphatic rings. The summed E-state index contributed by atoms with van der Waals surface area (Å²) in [5, 5.41) is 25.4. The van der Waals surface area contributed by atoms with Crippen LogP contribution in [-0.2, 0) is 0 Å². The first kappa shape index (κ1) is 85.2. The molecule has 0 aliphatic heterocycles. The maximum atomic E-state index is 6.31. The first-order valence-electron chi connectivity index (χ1n) is 49.5. The standard InChI is InChI=1S/C48H29N5S.C42H25N5S.C41H22N4OS/c1-4-14-30(15-5-1)33-26-34(48-51-46(31-16-6-2-7-17-31)50-47(52-48)32-18-8-3-9-19-32)28-35(27-33)53-40-29-49-25-24-38(40)42-36-20-10-11-21-37(36)43-39-22-12-13-23-41(39)54-45(43)44(42)53;1-3-12-26(13-4-1)40-44-41(27-14-5-2-6-15-27)46-42(45-40)28-16-11-17-29(24-28)47-34-25-43-23-22-32(34)36-30-18-7-8-19-31(30)37-33-20-9-10-21-35(33)48-39(37)38(36)47;1-2-11-24-23(10-1)36-26-20-21-42-22-31(26)45(39(36)40-37(24)28-14-5-8-19-34(28)47-40)41-43-30-16-6-3-12-25(30)38(44-41)29-15-9-18-33-35(29)27-13-4-7-17-32(27)46-33/h1-29H;1-25H;1-22H. The van der Waals surface area contributed by atoms with Crippen LogP contribution in [0.1, 0.15) is 0 Å². The highest BCUT2D eigenvalue weighted by molar-refractivity contribution is 7.28. The molecule has 13 aromatic heterocycles. The number of hydrogen-bond acceptors (Lipinski definition) is 15. The van der Waals surface area contributed by atoms with Crippen LogP contribution in [0.4, 0.5) is 0 Å². The van der Waals surface area contributed by atoms with E-state index in [1.807, 2.05) is 223 Å². The topological polar surface area (TPSA) is 170 Å². The third kappa shape index (κ3) is 13.9. The van der Waals surface area contributed by atoms with Gasteiger partial charge in [0.25, 0.3) is 0 Å². The lowest BCUT2D eigenvalue weighted by Gasteiger charge is -2.15. The zero-order valence-corrected chi connectivity index (χ0v) is 81.7. The van der Waals surface area contributed by atoms with Crippen LogP contribution in [0.3, 0.4) is 0 Å². The monoisotopic (exact) mass is 1960 g/mol. The Morgan fingerprint density at radius 2 is 0.530 bits per heavy atom. The van der Waals surface area contributed by atoms with E-state index in [9.17, 15) is 0 Å². The molecule has 0 radical (unpaired) electrons. The fourth-order valence-electron chi connectivity index (χ4n) is 22.5. The number of thiophene rings is 3. The molecule has 15 nitrogen and oxygen atoms in total. The van der Waals surface area contributed by atoms with E-state index in [1.165, 1.54) is 131 Å². The molecule has 18 heteroatoms. The summed E-state index contributed by atoms with van der Waals surface area (Å²) >= 11 is 5.54. The Morgan fingerprint density at radius 3 is 0.987 bits per heavy atom. The SMILES string of the molecule is c1ccc(-c2cc(-c3nc(-c4ccccc4)nc(-c4ccccc4)n3)cc(-n3c4cnccc4c4c5ccccc5c5c6ccccc6sc5c43)c2)cc1.c1ccc(-c2nc(-c3ccccc3)nc(-c3cccc(-n4c5cnccc5c5c6ccccc6c6c7ccccc7sc6c54)c3)n2)cc1.c1ccc2c(-c3cccc4oc5ccccc5c34)nc(-n3c4cnccc4c4c5ccccc5c5c6ccccc6sc5c43)nc2c1. The van der Waals surface area contributed by atoms with Crippen LogP contribution in [0.25, 0.3) is 299 Å². The Balaban J connectivity index is 0.000000103. The molecule has 0 bridgehead atoms. The van der Waals surface area contributed by atoms with Crippen molar-refractivity contribution in [1.29, 1.82) is 0 Å². The van der Waals surface area contributed by atoms with E-state index in [0.717, 1.165) is 127 Å². The minimum absolute atomic E-state index is 0.609. The summed E-state index contributed by atoms with van der Waals surface area (Å²) in [4.78, 5) is 55.0. The summed E-state index contributed by atoms with van der Waals surface area (Å²) in [6.45, 7) is 0. The van der Waals surface area contributed by atoms with Gasteiger partial charge in [0.1, 0.15) is 11.2 Å². The van der Waals surface area contributed by atoms with Crippen LogP contribution >= 0.6 is 34.0 Å². The molecule has 694 valence electrons. The van der Waals surface area contributed by atoms with Gasteiger partial charge in [0.15, 0.2) is 34.9 Å². The number of para-hydroxylation sites is 2. The number of benzene rings is 19. The van der Waals surface area contributed by atoms with Crippen LogP contribution in [0, 0.1) is 0 Å². The second kappa shape index (κ2) is 34.7. The van der Waals surface area contributed by atoms with Crippen LogP contribution < -0.4 is 0 Å². The smallest absolute Gasteiger partial charge is 0.235 e. The summed E-state index contributed by atoms with van der Waals surface area (Å²) in [7, 11) is 0. The number of nitrogens with zero attached hydrogens (tertiary/aromatic N) is 14. The molecule has 0 amide bonds. The lowest BCUT2D eigenvalue weighted by Crippen LogP contribution is -2.04. The van der Waals surface area contributed by atoms with Crippen molar-refractivity contribution in [2.24, 2.45) is 0 Å². The number of aromatic nitrogens is 14. The summed E-state index contributed by atoms with van der Waals surface area (Å²) in [6.07, 6.45) is 11.6. The normalized spacial score (nSPS) is 11.9. The molecule has 0 N–H and O–H groups in total. The van der Waals surface area contributed by atoms with E-state index >= 15 is 0 Å². The van der Waals surface area contributed by atoms with Gasteiger partial charge >= 0.3 is 0 Å². The quantitative estimate of drug-likeness (QED) is 0.120. The number of fused-ring (bicyclic) bond motifs is 34. The summed E-state index contributed by atoms with van der Waals surface area (Å²) < 4.78 is 20.9. The third-order valence-corrected chi connectivity index (χ3v) is 32.4. The lowest BCUT2D eigenvalue weighted by atomic mass is 9.99. The molecule has 13 heterocycles. The fraction of sp³-hybridized carbons (Fsp3) is 0. The van der Waals surface area contributed by atoms with Crippen LogP contribution in [0.15, 0.2) is 466 Å². The van der Waals surface area contributed by atoms with E-state index in [0.29, 0.717) is 40.9 Å². The van der Waals surface area contributed by atoms with Crippen molar-refractivity contribution in [3.8, 4) is 108 Å². The van der Waals surface area contributed by atoms with Crippen molar-refractivity contribution in [1.82, 2.24) is 68.5 Å². The maximum Gasteiger partial charge on any atom is 0.235 e. The van der Waals surface area contributed by atoms with Crippen LogP contribution in [0.5, 0.6) is 0 Å². The average molecular weight is 1960 g/mol. The average Bonchev–Trinajstić information content (AvgIpc) is 1.55. The predicted molar refractivity (Wildman–Crippen MR) is 618 cm³/mol. The highest BCUT2D eigenvalue weighted by atomic mass is 32.1. The van der Waals surface area contributed by atoms with Crippen molar-refractivity contribution < 1.29 is 4.42 Å². The molecule has 0 saturated heterocycles. The molecular weight excluding hydrogens is 1880 g/mol. The Hall–Kier alpha value is -19.4. The van der Waals surface area contributed by atoms with Crippen molar-refractivity contribution in [2.75, 3.05) is 0 Å². The fourth-order valence-corrected chi connectivity index (χ4v) is 26.3. The van der Waals surface area contributed by atoms with Gasteiger partial charge in [-0.1, -0.05) is 340 Å². The number of rotatable bonds is 11. The van der Waals surface area contributed by atoms with Gasteiger partial charge in [-0.2, -0.15) is 0 Å². The molecule has 0 aliphatic carbocycles. The van der Waals surface area contributed by atoms with E-state index in [2.05, 4.69) is 297 Å². The van der Waals surface area contributed by atoms with Gasteiger partial charge in [-0.3, -0.25) is 19.5 Å². The van der Waals surface area contributed by atoms with Gasteiger partial charge in [-0.15, -0.1) is 34.0 Å². The van der Waals surface area contributed by atoms with E-state index in [1.54, 1.807) is 0 Å². The lowest BCUT2D eigenvalue weighted by molar-refractivity contribution is 0.669. The Bertz CT molecular complexity index is 11000. The second-order valence-electron chi connectivity index (χ2n) is 37.3. The minimum atomic E-state index is 0.609. The zero-order valence-electron chi connectivity index (χ0n) is 79.3. The Morgan fingerprint density at radius 1 is 0.201 bits per heavy atom. The van der Waals surface area contributed by atoms with Crippen molar-refractivity contribution in [3.63, 3.8) is 0 Å². The molecule has 0 fully saturated rings. The largest absolute Gasteiger partial charge is 0.456 e. The molecule has 0 unspecified atom stereocenters. The first-order chi connectivity index (χ1) is 73.9. The van der Waals surface area contributed by atoms with Gasteiger partial charge < -0.3 is 13.6 Å². The van der Waals surface area contributed by atoms with Gasteiger partial charge in [-0.05, 0) is 128 Å². The molecule has 149 heavy (non-hydrogen) atoms. The van der Waals surface area contributed by atoms with Gasteiger partial charge in [-0.25, -0.2) is 39.9 Å². The number of furan rings is 1. The Kier molecular flexibility index (Phi) is 19.9. The molecule has 32 aromatic rings. The molecule has 19 aromatic carbocycles. The van der Waals surface area contributed by atoms with Crippen molar-refractivity contribution in [2.45, 2.75) is 0 Å². The zero-order chi connectivity index (χ0) is 97.8. The number of hydrogen-bond donors (Lipinski definition) is 0. The molecule has 0 atom stereocenters. The first-order valence-corrected chi connectivity index (χ1v) is 51.9. The van der Waals surface area contributed by atoms with Gasteiger partial charge in [0.2, 0.25) is 5.95 Å².